The quantitative estimate of drug-likeness (QED) is 0.792. The molecule has 0 spiro atoms. The average molecular weight is 411 g/mol. The van der Waals surface area contributed by atoms with E-state index in [0.717, 1.165) is 42.5 Å². The summed E-state index contributed by atoms with van der Waals surface area (Å²) < 4.78 is 11.3. The smallest absolute Gasteiger partial charge is 0.287 e. The van der Waals surface area contributed by atoms with Gasteiger partial charge in [0.15, 0.2) is 5.76 Å². The molecule has 4 rings (SSSR count). The molecule has 152 valence electrons. The van der Waals surface area contributed by atoms with E-state index < -0.39 is 0 Å². The van der Waals surface area contributed by atoms with Crippen molar-refractivity contribution in [2.45, 2.75) is 6.04 Å². The van der Waals surface area contributed by atoms with Crippen LogP contribution in [-0.2, 0) is 14.3 Å². The summed E-state index contributed by atoms with van der Waals surface area (Å²) in [5.41, 5.74) is 2.22. The number of nitrogens with zero attached hydrogens (tertiary/aromatic N) is 1. The zero-order valence-corrected chi connectivity index (χ0v) is 17.2. The molecule has 0 unspecified atom stereocenters. The van der Waals surface area contributed by atoms with E-state index in [0.29, 0.717) is 18.9 Å². The van der Waals surface area contributed by atoms with Crippen molar-refractivity contribution in [2.24, 2.45) is 0 Å². The van der Waals surface area contributed by atoms with E-state index in [9.17, 15) is 4.79 Å². The Morgan fingerprint density at radius 1 is 1.00 bits per heavy atom. The highest BCUT2D eigenvalue weighted by Crippen LogP contribution is 2.34. The monoisotopic (exact) mass is 410 g/mol. The van der Waals surface area contributed by atoms with Crippen molar-refractivity contribution < 1.29 is 14.3 Å². The van der Waals surface area contributed by atoms with Crippen LogP contribution in [0.4, 0.5) is 0 Å². The number of carbonyl (C=O) groups is 1. The van der Waals surface area contributed by atoms with E-state index in [2.05, 4.69) is 22.3 Å². The number of hydrogen-bond acceptors (Lipinski definition) is 5. The van der Waals surface area contributed by atoms with E-state index >= 15 is 0 Å². The second-order valence-electron chi connectivity index (χ2n) is 7.01. The van der Waals surface area contributed by atoms with Gasteiger partial charge in [0, 0.05) is 25.4 Å². The molecule has 2 aliphatic heterocycles. The molecular weight excluding hydrogens is 384 g/mol. The van der Waals surface area contributed by atoms with E-state index in [4.69, 9.17) is 9.47 Å². The molecule has 6 heteroatoms. The number of carbonyl (C=O) groups excluding carboxylic acids is 1. The summed E-state index contributed by atoms with van der Waals surface area (Å²) in [6.07, 6.45) is 0. The molecule has 5 nitrogen and oxygen atoms in total. The third kappa shape index (κ3) is 5.01. The fraction of sp³-hybridized carbons (Fsp3) is 0.348. The summed E-state index contributed by atoms with van der Waals surface area (Å²) in [4.78, 5) is 16.3. The van der Waals surface area contributed by atoms with Crippen LogP contribution in [0.5, 0.6) is 0 Å². The first-order valence-electron chi connectivity index (χ1n) is 10.0. The normalized spacial score (nSPS) is 18.8. The molecule has 0 aromatic heterocycles. The molecule has 1 saturated heterocycles. The largest absolute Gasteiger partial charge is 0.486 e. The molecule has 0 bridgehead atoms. The first-order chi connectivity index (χ1) is 14.3. The van der Waals surface area contributed by atoms with Gasteiger partial charge in [0.1, 0.15) is 0 Å². The number of ether oxygens (including phenoxy) is 2. The maximum absolute atomic E-state index is 13.0. The number of hydrogen-bond donors (Lipinski definition) is 1. The zero-order chi connectivity index (χ0) is 19.9. The Labute approximate surface area is 176 Å². The minimum atomic E-state index is -0.148. The van der Waals surface area contributed by atoms with E-state index in [1.807, 2.05) is 48.5 Å². The number of nitrogens with one attached hydrogen (secondary N) is 1. The van der Waals surface area contributed by atoms with Gasteiger partial charge >= 0.3 is 0 Å². The maximum Gasteiger partial charge on any atom is 0.287 e. The predicted molar refractivity (Wildman–Crippen MR) is 116 cm³/mol. The first kappa shape index (κ1) is 20.0. The Hall–Kier alpha value is -2.28. The number of amides is 1. The molecule has 0 saturated carbocycles. The molecule has 1 fully saturated rings. The van der Waals surface area contributed by atoms with Gasteiger partial charge in [-0.25, -0.2) is 0 Å². The minimum absolute atomic E-state index is 0.112. The van der Waals surface area contributed by atoms with E-state index in [1.54, 1.807) is 11.8 Å². The van der Waals surface area contributed by atoms with Crippen molar-refractivity contribution in [3.05, 3.63) is 77.5 Å². The van der Waals surface area contributed by atoms with Crippen molar-refractivity contribution in [3.8, 4) is 0 Å². The highest BCUT2D eigenvalue weighted by molar-refractivity contribution is 8.08. The van der Waals surface area contributed by atoms with Crippen LogP contribution in [0.3, 0.4) is 0 Å². The molecule has 1 amide bonds. The van der Waals surface area contributed by atoms with Gasteiger partial charge in [0.05, 0.1) is 30.8 Å². The Balaban J connectivity index is 1.52. The van der Waals surface area contributed by atoms with Crippen LogP contribution in [-0.4, -0.2) is 56.0 Å². The van der Waals surface area contributed by atoms with Crippen LogP contribution in [0.25, 0.3) is 4.91 Å². The molecule has 1 N–H and O–H groups in total. The Morgan fingerprint density at radius 3 is 2.41 bits per heavy atom. The molecule has 2 aromatic carbocycles. The second kappa shape index (κ2) is 9.96. The molecule has 2 heterocycles. The highest BCUT2D eigenvalue weighted by Gasteiger charge is 2.26. The minimum Gasteiger partial charge on any atom is -0.486 e. The summed E-state index contributed by atoms with van der Waals surface area (Å²) in [5.74, 6) is 1.13. The summed E-state index contributed by atoms with van der Waals surface area (Å²) in [6.45, 7) is 4.25. The molecule has 1 atom stereocenters. The first-order valence-corrected chi connectivity index (χ1v) is 11.0. The van der Waals surface area contributed by atoms with Crippen LogP contribution in [0.2, 0.25) is 0 Å². The van der Waals surface area contributed by atoms with Crippen molar-refractivity contribution >= 4 is 22.6 Å². The van der Waals surface area contributed by atoms with Gasteiger partial charge in [-0.15, -0.1) is 11.8 Å². The van der Waals surface area contributed by atoms with Gasteiger partial charge in [-0.1, -0.05) is 60.7 Å². The van der Waals surface area contributed by atoms with Crippen molar-refractivity contribution in [1.82, 2.24) is 10.2 Å². The summed E-state index contributed by atoms with van der Waals surface area (Å²) >= 11 is 1.68. The third-order valence-electron chi connectivity index (χ3n) is 5.15. The Morgan fingerprint density at radius 2 is 1.69 bits per heavy atom. The van der Waals surface area contributed by atoms with Gasteiger partial charge < -0.3 is 14.8 Å². The number of morpholine rings is 1. The standard InChI is InChI=1S/C23H26N2O3S/c26-23(21-22(29-16-15-28-21)19-9-5-2-6-10-19)24-17-20(18-7-3-1-4-8-18)25-11-13-27-14-12-25/h1-10,20H,11-17H2,(H,24,26)/t20-/m1/s1. The van der Waals surface area contributed by atoms with Gasteiger partial charge in [0.2, 0.25) is 0 Å². The van der Waals surface area contributed by atoms with Crippen molar-refractivity contribution in [1.29, 1.82) is 0 Å². The summed E-state index contributed by atoms with van der Waals surface area (Å²) in [7, 11) is 0. The SMILES string of the molecule is O=C(NC[C@H](c1ccccc1)N1CCOCC1)C1=C(c2ccccc2)SCCO1. The summed E-state index contributed by atoms with van der Waals surface area (Å²) in [6, 6.07) is 20.4. The Kier molecular flexibility index (Phi) is 6.87. The van der Waals surface area contributed by atoms with Crippen molar-refractivity contribution in [3.63, 3.8) is 0 Å². The predicted octanol–water partition coefficient (Wildman–Crippen LogP) is 3.31. The van der Waals surface area contributed by atoms with Crippen LogP contribution < -0.4 is 5.32 Å². The summed E-state index contributed by atoms with van der Waals surface area (Å²) in [5, 5.41) is 3.13. The lowest BCUT2D eigenvalue weighted by Crippen LogP contribution is -2.44. The van der Waals surface area contributed by atoms with E-state index in [-0.39, 0.29) is 11.9 Å². The van der Waals surface area contributed by atoms with Crippen LogP contribution in [0, 0.1) is 0 Å². The molecule has 0 radical (unpaired) electrons. The average Bonchev–Trinajstić information content (AvgIpc) is 2.81. The van der Waals surface area contributed by atoms with Gasteiger partial charge in [-0.2, -0.15) is 0 Å². The molecule has 2 aliphatic rings. The number of thioether (sulfide) groups is 1. The third-order valence-corrected chi connectivity index (χ3v) is 6.23. The number of benzene rings is 2. The second-order valence-corrected chi connectivity index (χ2v) is 8.11. The lowest BCUT2D eigenvalue weighted by molar-refractivity contribution is -0.121. The van der Waals surface area contributed by atoms with Crippen LogP contribution >= 0.6 is 11.8 Å². The van der Waals surface area contributed by atoms with Gasteiger partial charge in [-0.3, -0.25) is 9.69 Å². The van der Waals surface area contributed by atoms with E-state index in [1.165, 1.54) is 5.56 Å². The highest BCUT2D eigenvalue weighted by atomic mass is 32.2. The molecular formula is C23H26N2O3S. The van der Waals surface area contributed by atoms with Crippen molar-refractivity contribution in [2.75, 3.05) is 45.2 Å². The lowest BCUT2D eigenvalue weighted by atomic mass is 10.0. The fourth-order valence-electron chi connectivity index (χ4n) is 3.68. The van der Waals surface area contributed by atoms with Crippen LogP contribution in [0.15, 0.2) is 66.4 Å². The van der Waals surface area contributed by atoms with Crippen LogP contribution in [0.1, 0.15) is 17.2 Å². The van der Waals surface area contributed by atoms with Gasteiger partial charge in [-0.05, 0) is 11.1 Å². The molecule has 0 aliphatic carbocycles. The van der Waals surface area contributed by atoms with Gasteiger partial charge in [0.25, 0.3) is 5.91 Å². The molecule has 2 aromatic rings. The lowest BCUT2D eigenvalue weighted by Gasteiger charge is -2.35. The zero-order valence-electron chi connectivity index (χ0n) is 16.4. The number of rotatable bonds is 6. The molecule has 29 heavy (non-hydrogen) atoms. The maximum atomic E-state index is 13.0. The Bertz CT molecular complexity index is 836. The topological polar surface area (TPSA) is 50.8 Å². The fourth-order valence-corrected chi connectivity index (χ4v) is 4.64.